The fourth-order valence-electron chi connectivity index (χ4n) is 1.36. The van der Waals surface area contributed by atoms with Gasteiger partial charge in [-0.1, -0.05) is 0 Å². The Kier molecular flexibility index (Phi) is 4.38. The van der Waals surface area contributed by atoms with Crippen molar-refractivity contribution in [3.63, 3.8) is 0 Å². The summed E-state index contributed by atoms with van der Waals surface area (Å²) in [5.41, 5.74) is 0. The van der Waals surface area contributed by atoms with Gasteiger partial charge in [0.05, 0.1) is 0 Å². The molecule has 1 fully saturated rings. The summed E-state index contributed by atoms with van der Waals surface area (Å²) in [4.78, 5) is 13.3. The molecule has 1 aliphatic heterocycles. The van der Waals surface area contributed by atoms with Gasteiger partial charge < -0.3 is 10.2 Å². The maximum atomic E-state index is 11.5. The maximum absolute atomic E-state index is 11.5. The molecule has 1 N–H and O–H groups in total. The van der Waals surface area contributed by atoms with E-state index in [1.165, 1.54) is 0 Å². The molecule has 4 nitrogen and oxygen atoms in total. The third kappa shape index (κ3) is 3.87. The van der Waals surface area contributed by atoms with Gasteiger partial charge >= 0.3 is 0 Å². The molecule has 0 aliphatic carbocycles. The highest BCUT2D eigenvalue weighted by Gasteiger charge is 2.15. The summed E-state index contributed by atoms with van der Waals surface area (Å²) in [5, 5.41) is 3.22. The molecule has 1 atom stereocenters. The number of nitrogens with one attached hydrogen (secondary N) is 1. The lowest BCUT2D eigenvalue weighted by Crippen LogP contribution is -2.36. The van der Waals surface area contributed by atoms with Crippen LogP contribution >= 0.6 is 0 Å². The first-order chi connectivity index (χ1) is 6.20. The normalized spacial score (nSPS) is 20.8. The van der Waals surface area contributed by atoms with Crippen molar-refractivity contribution >= 4 is 16.7 Å². The number of nitrogens with zero attached hydrogens (tertiary/aromatic N) is 1. The van der Waals surface area contributed by atoms with Crippen molar-refractivity contribution < 1.29 is 9.00 Å². The lowest BCUT2D eigenvalue weighted by molar-refractivity contribution is -0.128. The van der Waals surface area contributed by atoms with Crippen LogP contribution in [-0.4, -0.2) is 53.2 Å². The first-order valence-corrected chi connectivity index (χ1v) is 6.21. The number of rotatable bonds is 2. The molecule has 1 unspecified atom stereocenters. The Bertz CT molecular complexity index is 200. The lowest BCUT2D eigenvalue weighted by atomic mass is 10.4. The number of hydrogen-bond acceptors (Lipinski definition) is 3. The molecular formula is C8H16N2O2S. The average molecular weight is 204 g/mol. The molecule has 0 saturated carbocycles. The molecule has 1 heterocycles. The van der Waals surface area contributed by atoms with E-state index in [2.05, 4.69) is 5.32 Å². The Morgan fingerprint density at radius 1 is 1.46 bits per heavy atom. The Hall–Kier alpha value is -0.420. The van der Waals surface area contributed by atoms with Gasteiger partial charge in [-0.25, -0.2) is 0 Å². The second-order valence-electron chi connectivity index (χ2n) is 3.20. The van der Waals surface area contributed by atoms with Crippen molar-refractivity contribution in [2.24, 2.45) is 0 Å². The molecule has 0 spiro atoms. The zero-order valence-corrected chi connectivity index (χ0v) is 8.73. The van der Waals surface area contributed by atoms with Gasteiger partial charge in [-0.2, -0.15) is 0 Å². The SMILES string of the molecule is CS(=O)CC(=O)N1CCCNCC1. The predicted octanol–water partition coefficient (Wildman–Crippen LogP) is -0.813. The van der Waals surface area contributed by atoms with Gasteiger partial charge in [0.25, 0.3) is 0 Å². The minimum atomic E-state index is -1.01. The zero-order chi connectivity index (χ0) is 9.68. The molecular weight excluding hydrogens is 188 g/mol. The molecule has 1 saturated heterocycles. The van der Waals surface area contributed by atoms with Crippen LogP contribution in [0.5, 0.6) is 0 Å². The van der Waals surface area contributed by atoms with Crippen molar-refractivity contribution in [3.8, 4) is 0 Å². The van der Waals surface area contributed by atoms with Crippen LogP contribution in [0.15, 0.2) is 0 Å². The van der Waals surface area contributed by atoms with Gasteiger partial charge in [-0.05, 0) is 13.0 Å². The highest BCUT2D eigenvalue weighted by molar-refractivity contribution is 7.85. The molecule has 1 aliphatic rings. The number of carbonyl (C=O) groups is 1. The molecule has 13 heavy (non-hydrogen) atoms. The van der Waals surface area contributed by atoms with Crippen molar-refractivity contribution in [1.29, 1.82) is 0 Å². The average Bonchev–Trinajstić information content (AvgIpc) is 2.29. The van der Waals surface area contributed by atoms with Crippen LogP contribution < -0.4 is 5.32 Å². The third-order valence-corrected chi connectivity index (χ3v) is 2.67. The lowest BCUT2D eigenvalue weighted by Gasteiger charge is -2.18. The highest BCUT2D eigenvalue weighted by Crippen LogP contribution is 1.96. The first-order valence-electron chi connectivity index (χ1n) is 4.48. The molecule has 0 aromatic heterocycles. The number of hydrogen-bond donors (Lipinski definition) is 1. The van der Waals surface area contributed by atoms with E-state index in [1.807, 2.05) is 0 Å². The van der Waals surface area contributed by atoms with Gasteiger partial charge in [0.15, 0.2) is 0 Å². The van der Waals surface area contributed by atoms with Crippen LogP contribution in [0.2, 0.25) is 0 Å². The van der Waals surface area contributed by atoms with Gasteiger partial charge in [0.2, 0.25) is 5.91 Å². The monoisotopic (exact) mass is 204 g/mol. The van der Waals surface area contributed by atoms with Gasteiger partial charge in [0.1, 0.15) is 5.75 Å². The summed E-state index contributed by atoms with van der Waals surface area (Å²) in [6.45, 7) is 3.36. The molecule has 0 bridgehead atoms. The third-order valence-electron chi connectivity index (χ3n) is 2.02. The van der Waals surface area contributed by atoms with Crippen molar-refractivity contribution in [2.75, 3.05) is 38.2 Å². The Balaban J connectivity index is 2.39. The smallest absolute Gasteiger partial charge is 0.235 e. The summed E-state index contributed by atoms with van der Waals surface area (Å²) < 4.78 is 10.8. The van der Waals surface area contributed by atoms with E-state index < -0.39 is 10.8 Å². The van der Waals surface area contributed by atoms with E-state index in [4.69, 9.17) is 0 Å². The topological polar surface area (TPSA) is 49.4 Å². The largest absolute Gasteiger partial charge is 0.341 e. The molecule has 76 valence electrons. The summed E-state index contributed by atoms with van der Waals surface area (Å²) in [5.74, 6) is 0.185. The molecule has 5 heteroatoms. The molecule has 0 aromatic carbocycles. The first kappa shape index (κ1) is 10.7. The summed E-state index contributed by atoms with van der Waals surface area (Å²) in [6, 6.07) is 0. The number of carbonyl (C=O) groups excluding carboxylic acids is 1. The summed E-state index contributed by atoms with van der Waals surface area (Å²) >= 11 is 0. The van der Waals surface area contributed by atoms with E-state index in [0.29, 0.717) is 0 Å². The minimum absolute atomic E-state index is 0.0181. The molecule has 1 rings (SSSR count). The molecule has 1 amide bonds. The molecule has 0 radical (unpaired) electrons. The maximum Gasteiger partial charge on any atom is 0.235 e. The van der Waals surface area contributed by atoms with Crippen LogP contribution in [0.4, 0.5) is 0 Å². The van der Waals surface area contributed by atoms with E-state index in [0.717, 1.165) is 32.6 Å². The second kappa shape index (κ2) is 5.34. The highest BCUT2D eigenvalue weighted by atomic mass is 32.2. The Labute approximate surface area is 81.1 Å². The van der Waals surface area contributed by atoms with E-state index in [1.54, 1.807) is 11.2 Å². The van der Waals surface area contributed by atoms with E-state index in [9.17, 15) is 9.00 Å². The van der Waals surface area contributed by atoms with Crippen LogP contribution in [0.3, 0.4) is 0 Å². The van der Waals surface area contributed by atoms with Crippen LogP contribution in [0.25, 0.3) is 0 Å². The van der Waals surface area contributed by atoms with Gasteiger partial charge in [-0.15, -0.1) is 0 Å². The second-order valence-corrected chi connectivity index (χ2v) is 4.64. The quantitative estimate of drug-likeness (QED) is 0.640. The summed E-state index contributed by atoms with van der Waals surface area (Å²) in [6.07, 6.45) is 2.55. The Morgan fingerprint density at radius 2 is 2.23 bits per heavy atom. The standard InChI is InChI=1S/C8H16N2O2S/c1-13(12)7-8(11)10-5-2-3-9-4-6-10/h9H,2-7H2,1H3. The van der Waals surface area contributed by atoms with Crippen molar-refractivity contribution in [1.82, 2.24) is 10.2 Å². The zero-order valence-electron chi connectivity index (χ0n) is 7.91. The van der Waals surface area contributed by atoms with E-state index >= 15 is 0 Å². The van der Waals surface area contributed by atoms with Crippen LogP contribution in [-0.2, 0) is 15.6 Å². The summed E-state index contributed by atoms with van der Waals surface area (Å²) in [7, 11) is -1.01. The van der Waals surface area contributed by atoms with Gasteiger partial charge in [-0.3, -0.25) is 9.00 Å². The van der Waals surface area contributed by atoms with Crippen LogP contribution in [0.1, 0.15) is 6.42 Å². The number of amides is 1. The fraction of sp³-hybridized carbons (Fsp3) is 0.875. The van der Waals surface area contributed by atoms with E-state index in [-0.39, 0.29) is 11.7 Å². The van der Waals surface area contributed by atoms with Crippen molar-refractivity contribution in [2.45, 2.75) is 6.42 Å². The Morgan fingerprint density at radius 3 is 2.92 bits per heavy atom. The predicted molar refractivity (Wildman–Crippen MR) is 53.0 cm³/mol. The molecule has 0 aromatic rings. The van der Waals surface area contributed by atoms with Gasteiger partial charge in [0, 0.05) is 36.7 Å². The van der Waals surface area contributed by atoms with Crippen LogP contribution in [0, 0.1) is 0 Å². The van der Waals surface area contributed by atoms with Crippen molar-refractivity contribution in [3.05, 3.63) is 0 Å². The minimum Gasteiger partial charge on any atom is -0.341 e. The fourth-order valence-corrected chi connectivity index (χ4v) is 1.89.